The summed E-state index contributed by atoms with van der Waals surface area (Å²) in [5.41, 5.74) is 8.34. The summed E-state index contributed by atoms with van der Waals surface area (Å²) in [6.07, 6.45) is 12.2. The molecule has 6 aliphatic rings. The highest BCUT2D eigenvalue weighted by molar-refractivity contribution is 6.05. The van der Waals surface area contributed by atoms with Gasteiger partial charge in [0.2, 0.25) is 11.8 Å². The Bertz CT molecular complexity index is 1870. The van der Waals surface area contributed by atoms with Crippen molar-refractivity contribution < 1.29 is 19.5 Å². The van der Waals surface area contributed by atoms with Crippen LogP contribution in [0.3, 0.4) is 0 Å². The number of phenolic OH excluding ortho intramolecular Hbond substituents is 1. The number of aryl methyl sites for hydroxylation is 1. The van der Waals surface area contributed by atoms with Crippen LogP contribution < -0.4 is 15.1 Å². The van der Waals surface area contributed by atoms with Crippen molar-refractivity contribution in [2.45, 2.75) is 89.1 Å². The summed E-state index contributed by atoms with van der Waals surface area (Å²) in [5, 5.41) is 12.6. The fourth-order valence-corrected chi connectivity index (χ4v) is 10.9. The lowest BCUT2D eigenvalue weighted by Crippen LogP contribution is -2.52. The molecule has 2 aliphatic carbocycles. The fourth-order valence-electron chi connectivity index (χ4n) is 10.9. The first-order valence-electron chi connectivity index (χ1n) is 20.8. The average molecular weight is 730 g/mol. The molecule has 0 radical (unpaired) electrons. The number of carbonyl (C=O) groups is 3. The number of rotatable bonds is 7. The van der Waals surface area contributed by atoms with Crippen LogP contribution in [0.1, 0.15) is 103 Å². The molecule has 3 saturated heterocycles. The minimum absolute atomic E-state index is 0.116. The van der Waals surface area contributed by atoms with Crippen molar-refractivity contribution in [2.75, 3.05) is 55.6 Å². The number of benzene rings is 3. The zero-order valence-electron chi connectivity index (χ0n) is 31.6. The molecule has 2 N–H and O–H groups in total. The summed E-state index contributed by atoms with van der Waals surface area (Å²) in [6, 6.07) is 21.2. The van der Waals surface area contributed by atoms with Crippen molar-refractivity contribution in [1.82, 2.24) is 15.1 Å². The molecule has 9 heteroatoms. The Balaban J connectivity index is 0.773. The van der Waals surface area contributed by atoms with E-state index in [1.54, 1.807) is 4.90 Å². The third kappa shape index (κ3) is 7.00. The van der Waals surface area contributed by atoms with Gasteiger partial charge in [0.15, 0.2) is 0 Å². The van der Waals surface area contributed by atoms with Crippen molar-refractivity contribution >= 4 is 29.1 Å². The monoisotopic (exact) mass is 729 g/mol. The second-order valence-corrected chi connectivity index (χ2v) is 17.0. The lowest BCUT2D eigenvalue weighted by Gasteiger charge is -2.41. The van der Waals surface area contributed by atoms with Gasteiger partial charge in [0.05, 0.1) is 0 Å². The number of imide groups is 1. The molecular weight excluding hydrogens is 675 g/mol. The van der Waals surface area contributed by atoms with Gasteiger partial charge in [0.25, 0.3) is 5.91 Å². The van der Waals surface area contributed by atoms with Gasteiger partial charge in [-0.3, -0.25) is 24.6 Å². The number of hydrogen-bond acceptors (Lipinski definition) is 7. The van der Waals surface area contributed by atoms with Gasteiger partial charge in [-0.25, -0.2) is 0 Å². The third-order valence-corrected chi connectivity index (χ3v) is 13.9. The van der Waals surface area contributed by atoms with Gasteiger partial charge < -0.3 is 19.8 Å². The standard InChI is InChI=1S/C45H55N5O4/c51-37-12-15-39-33(27-37)8-13-38(31-4-2-1-3-5-31)43(39)32-6-9-35(10-7-32)48-20-18-30(19-21-48)28-47-22-24-49(25-23-47)36-11-14-40-34(26-36)29-50(45(40)54)41-16-17-42(52)46-44(41)53/h6-7,9-12,14-15,26-27,30-31,38,41,43,51H,1-5,8,13,16-25,28-29H2,(H,46,52,53)/t38-,41?,43+/m0/s1. The lowest BCUT2D eigenvalue weighted by atomic mass is 9.64. The Labute approximate surface area is 319 Å². The van der Waals surface area contributed by atoms with Crippen LogP contribution in [-0.4, -0.2) is 84.5 Å². The number of anilines is 2. The molecule has 4 heterocycles. The second kappa shape index (κ2) is 15.0. The first kappa shape index (κ1) is 35.3. The molecule has 1 saturated carbocycles. The average Bonchev–Trinajstić information content (AvgIpc) is 3.53. The molecule has 9 rings (SSSR count). The van der Waals surface area contributed by atoms with E-state index in [1.165, 1.54) is 73.7 Å². The highest BCUT2D eigenvalue weighted by Gasteiger charge is 2.40. The minimum Gasteiger partial charge on any atom is -0.508 e. The maximum atomic E-state index is 13.2. The first-order valence-corrected chi connectivity index (χ1v) is 20.8. The summed E-state index contributed by atoms with van der Waals surface area (Å²) in [4.78, 5) is 46.5. The first-order chi connectivity index (χ1) is 26.4. The summed E-state index contributed by atoms with van der Waals surface area (Å²) < 4.78 is 0. The number of amides is 3. The number of nitrogens with zero attached hydrogens (tertiary/aromatic N) is 4. The second-order valence-electron chi connectivity index (χ2n) is 17.0. The SMILES string of the molecule is O=C1CCC(N2Cc3cc(N4CCN(CC5CCN(c6ccc([C@H]7c8ccc(O)cc8CC[C@H]7C7CCCCC7)cc6)CC5)CC4)ccc3C2=O)C(=O)N1. The van der Waals surface area contributed by atoms with Gasteiger partial charge in [-0.15, -0.1) is 0 Å². The van der Waals surface area contributed by atoms with Gasteiger partial charge in [0, 0.05) is 81.6 Å². The largest absolute Gasteiger partial charge is 0.508 e. The lowest BCUT2D eigenvalue weighted by molar-refractivity contribution is -0.136. The van der Waals surface area contributed by atoms with E-state index < -0.39 is 6.04 Å². The minimum atomic E-state index is -0.580. The molecular formula is C45H55N5O4. The van der Waals surface area contributed by atoms with Gasteiger partial charge in [-0.1, -0.05) is 50.3 Å². The molecule has 3 atom stereocenters. The normalized spacial score (nSPS) is 25.8. The van der Waals surface area contributed by atoms with E-state index in [-0.39, 0.29) is 24.1 Å². The third-order valence-electron chi connectivity index (χ3n) is 13.9. The number of carbonyl (C=O) groups excluding carboxylic acids is 3. The van der Waals surface area contributed by atoms with Crippen LogP contribution in [0.15, 0.2) is 60.7 Å². The molecule has 3 aromatic rings. The van der Waals surface area contributed by atoms with Crippen LogP contribution in [0.4, 0.5) is 11.4 Å². The Hall–Kier alpha value is -4.37. The molecule has 54 heavy (non-hydrogen) atoms. The predicted octanol–water partition coefficient (Wildman–Crippen LogP) is 6.47. The van der Waals surface area contributed by atoms with Crippen molar-refractivity contribution in [3.8, 4) is 5.75 Å². The molecule has 3 aromatic carbocycles. The number of piperazine rings is 1. The van der Waals surface area contributed by atoms with E-state index in [1.807, 2.05) is 18.2 Å². The Morgan fingerprint density at radius 3 is 2.19 bits per heavy atom. The molecule has 9 nitrogen and oxygen atoms in total. The maximum Gasteiger partial charge on any atom is 0.255 e. The summed E-state index contributed by atoms with van der Waals surface area (Å²) in [5.74, 6) is 2.26. The molecule has 3 amide bonds. The smallest absolute Gasteiger partial charge is 0.255 e. The van der Waals surface area contributed by atoms with Crippen LogP contribution in [-0.2, 0) is 22.6 Å². The van der Waals surface area contributed by atoms with Crippen LogP contribution in [0.25, 0.3) is 0 Å². The Morgan fingerprint density at radius 1 is 0.685 bits per heavy atom. The number of piperidine rings is 2. The van der Waals surface area contributed by atoms with Crippen molar-refractivity contribution in [1.29, 1.82) is 0 Å². The highest BCUT2D eigenvalue weighted by atomic mass is 16.3. The van der Waals surface area contributed by atoms with E-state index in [4.69, 9.17) is 0 Å². The number of fused-ring (bicyclic) bond motifs is 2. The van der Waals surface area contributed by atoms with Crippen LogP contribution in [0.2, 0.25) is 0 Å². The zero-order chi connectivity index (χ0) is 36.8. The topological polar surface area (TPSA) is 96.4 Å². The van der Waals surface area contributed by atoms with E-state index in [9.17, 15) is 19.5 Å². The highest BCUT2D eigenvalue weighted by Crippen LogP contribution is 2.48. The number of phenols is 1. The number of aromatic hydroxyl groups is 1. The summed E-state index contributed by atoms with van der Waals surface area (Å²) in [7, 11) is 0. The molecule has 0 bridgehead atoms. The molecule has 4 fully saturated rings. The molecule has 1 unspecified atom stereocenters. The van der Waals surface area contributed by atoms with Gasteiger partial charge in [-0.2, -0.15) is 0 Å². The van der Waals surface area contributed by atoms with Gasteiger partial charge >= 0.3 is 0 Å². The van der Waals surface area contributed by atoms with Gasteiger partial charge in [-0.05, 0) is 115 Å². The number of nitrogens with one attached hydrogen (secondary N) is 1. The molecule has 0 aromatic heterocycles. The Morgan fingerprint density at radius 2 is 1.43 bits per heavy atom. The molecule has 284 valence electrons. The van der Waals surface area contributed by atoms with E-state index in [0.29, 0.717) is 42.0 Å². The van der Waals surface area contributed by atoms with E-state index >= 15 is 0 Å². The van der Waals surface area contributed by atoms with Crippen molar-refractivity contribution in [3.05, 3.63) is 88.5 Å². The molecule has 0 spiro atoms. The molecule has 4 aliphatic heterocycles. The van der Waals surface area contributed by atoms with Crippen molar-refractivity contribution in [2.24, 2.45) is 17.8 Å². The quantitative estimate of drug-likeness (QED) is 0.270. The van der Waals surface area contributed by atoms with Crippen LogP contribution in [0, 0.1) is 17.8 Å². The van der Waals surface area contributed by atoms with Crippen LogP contribution in [0.5, 0.6) is 5.75 Å². The summed E-state index contributed by atoms with van der Waals surface area (Å²) >= 11 is 0. The number of hydrogen-bond donors (Lipinski definition) is 2. The van der Waals surface area contributed by atoms with Crippen molar-refractivity contribution in [3.63, 3.8) is 0 Å². The van der Waals surface area contributed by atoms with Gasteiger partial charge in [0.1, 0.15) is 11.8 Å². The van der Waals surface area contributed by atoms with E-state index in [2.05, 4.69) is 62.5 Å². The Kier molecular flexibility index (Phi) is 9.85. The maximum absolute atomic E-state index is 13.2. The summed E-state index contributed by atoms with van der Waals surface area (Å²) in [6.45, 7) is 7.76. The zero-order valence-corrected chi connectivity index (χ0v) is 31.6. The predicted molar refractivity (Wildman–Crippen MR) is 211 cm³/mol. The van der Waals surface area contributed by atoms with Crippen LogP contribution >= 0.6 is 0 Å². The van der Waals surface area contributed by atoms with E-state index in [0.717, 1.165) is 69.4 Å². The fraction of sp³-hybridized carbons (Fsp3) is 0.533.